The van der Waals surface area contributed by atoms with Crippen LogP contribution in [0.1, 0.15) is 5.56 Å². The molecule has 2 rings (SSSR count). The van der Waals surface area contributed by atoms with Crippen molar-refractivity contribution in [1.82, 2.24) is 0 Å². The molecule has 0 aliphatic rings. The van der Waals surface area contributed by atoms with Gasteiger partial charge in [-0.25, -0.2) is 0 Å². The molecule has 2 aromatic carbocycles. The Morgan fingerprint density at radius 1 is 1.00 bits per heavy atom. The number of benzene rings is 2. The third-order valence-corrected chi connectivity index (χ3v) is 2.35. The summed E-state index contributed by atoms with van der Waals surface area (Å²) in [6.07, 6.45) is 1.98. The van der Waals surface area contributed by atoms with Gasteiger partial charge in [-0.05, 0) is 34.4 Å². The minimum atomic E-state index is 1.08. The fourth-order valence-electron chi connectivity index (χ4n) is 1.38. The summed E-state index contributed by atoms with van der Waals surface area (Å²) in [6.45, 7) is 0. The van der Waals surface area contributed by atoms with Crippen molar-refractivity contribution in [3.8, 4) is 11.2 Å². The van der Waals surface area contributed by atoms with Crippen LogP contribution < -0.4 is 0 Å². The Bertz CT molecular complexity index is 503. The summed E-state index contributed by atoms with van der Waals surface area (Å²) in [5, 5.41) is 5.51. The van der Waals surface area contributed by atoms with Crippen molar-refractivity contribution in [2.75, 3.05) is 6.26 Å². The van der Waals surface area contributed by atoms with Gasteiger partial charge in [0.1, 0.15) is 0 Å². The van der Waals surface area contributed by atoms with Crippen LogP contribution in [0.25, 0.3) is 10.8 Å². The van der Waals surface area contributed by atoms with Gasteiger partial charge in [-0.1, -0.05) is 48.0 Å². The van der Waals surface area contributed by atoms with Crippen molar-refractivity contribution in [1.29, 1.82) is 0 Å². The van der Waals surface area contributed by atoms with Crippen molar-refractivity contribution < 1.29 is 0 Å². The molecule has 0 amide bonds. The molecular weight excluding hydrogens is 188 g/mol. The summed E-state index contributed by atoms with van der Waals surface area (Å²) in [5.41, 5.74) is 1.08. The Morgan fingerprint density at radius 2 is 1.79 bits per heavy atom. The van der Waals surface area contributed by atoms with Crippen LogP contribution in [-0.4, -0.2) is 6.26 Å². The molecule has 0 heterocycles. The normalized spacial score (nSPS) is 9.50. The van der Waals surface area contributed by atoms with E-state index in [-0.39, 0.29) is 0 Å². The fraction of sp³-hybridized carbons (Fsp3) is 0.0769. The molecule has 0 saturated heterocycles. The molecule has 14 heavy (non-hydrogen) atoms. The van der Waals surface area contributed by atoms with Crippen LogP contribution in [0.2, 0.25) is 0 Å². The second kappa shape index (κ2) is 4.21. The smallest absolute Gasteiger partial charge is 0.0260 e. The van der Waals surface area contributed by atoms with Gasteiger partial charge in [0.2, 0.25) is 0 Å². The van der Waals surface area contributed by atoms with Gasteiger partial charge in [0.25, 0.3) is 0 Å². The van der Waals surface area contributed by atoms with Gasteiger partial charge < -0.3 is 0 Å². The lowest BCUT2D eigenvalue weighted by Crippen LogP contribution is -1.75. The molecule has 0 bridgehead atoms. The molecular formula is C13H10S. The minimum Gasteiger partial charge on any atom is -0.0781 e. The lowest BCUT2D eigenvalue weighted by atomic mass is 10.1. The highest BCUT2D eigenvalue weighted by atomic mass is 32.2. The van der Waals surface area contributed by atoms with Gasteiger partial charge in [-0.15, -0.1) is 0 Å². The Labute approximate surface area is 88.3 Å². The number of thioether (sulfide) groups is 1. The van der Waals surface area contributed by atoms with E-state index in [1.54, 1.807) is 11.8 Å². The molecule has 1 heteroatoms. The molecule has 0 aromatic heterocycles. The molecule has 0 unspecified atom stereocenters. The first-order valence-corrected chi connectivity index (χ1v) is 5.65. The number of hydrogen-bond acceptors (Lipinski definition) is 1. The molecule has 0 atom stereocenters. The van der Waals surface area contributed by atoms with E-state index in [4.69, 9.17) is 0 Å². The van der Waals surface area contributed by atoms with Crippen LogP contribution >= 0.6 is 11.8 Å². The Kier molecular flexibility index (Phi) is 2.76. The number of hydrogen-bond donors (Lipinski definition) is 0. The third-order valence-electron chi connectivity index (χ3n) is 2.05. The van der Waals surface area contributed by atoms with E-state index < -0.39 is 0 Å². The Hall–Kier alpha value is -1.39. The van der Waals surface area contributed by atoms with Crippen molar-refractivity contribution in [2.45, 2.75) is 0 Å². The van der Waals surface area contributed by atoms with Gasteiger partial charge in [0.15, 0.2) is 0 Å². The van der Waals surface area contributed by atoms with Crippen LogP contribution in [0.4, 0.5) is 0 Å². The zero-order valence-corrected chi connectivity index (χ0v) is 8.77. The highest BCUT2D eigenvalue weighted by Gasteiger charge is 1.92. The largest absolute Gasteiger partial charge is 0.0781 e. The first kappa shape index (κ1) is 9.18. The summed E-state index contributed by atoms with van der Waals surface area (Å²) >= 11 is 1.54. The van der Waals surface area contributed by atoms with E-state index in [1.807, 2.05) is 12.3 Å². The molecule has 0 saturated carbocycles. The van der Waals surface area contributed by atoms with Gasteiger partial charge >= 0.3 is 0 Å². The molecule has 0 nitrogen and oxygen atoms in total. The first-order valence-electron chi connectivity index (χ1n) is 4.43. The Balaban J connectivity index is 2.51. The molecule has 2 aromatic rings. The maximum atomic E-state index is 3.10. The van der Waals surface area contributed by atoms with Gasteiger partial charge in [0, 0.05) is 5.56 Å². The average Bonchev–Trinajstić information content (AvgIpc) is 2.26. The van der Waals surface area contributed by atoms with Crippen molar-refractivity contribution in [2.24, 2.45) is 0 Å². The second-order valence-corrected chi connectivity index (χ2v) is 3.61. The number of rotatable bonds is 0. The average molecular weight is 198 g/mol. The van der Waals surface area contributed by atoms with Gasteiger partial charge in [-0.2, -0.15) is 0 Å². The van der Waals surface area contributed by atoms with Crippen LogP contribution in [0, 0.1) is 11.2 Å². The molecule has 0 N–H and O–H groups in total. The summed E-state index contributed by atoms with van der Waals surface area (Å²) in [5.74, 6) is 3.10. The predicted molar refractivity (Wildman–Crippen MR) is 64.3 cm³/mol. The van der Waals surface area contributed by atoms with E-state index in [1.165, 1.54) is 10.8 Å². The highest BCUT2D eigenvalue weighted by Crippen LogP contribution is 2.14. The molecule has 0 spiro atoms. The summed E-state index contributed by atoms with van der Waals surface area (Å²) < 4.78 is 0. The quantitative estimate of drug-likeness (QED) is 0.584. The minimum absolute atomic E-state index is 1.08. The lowest BCUT2D eigenvalue weighted by Gasteiger charge is -1.96. The van der Waals surface area contributed by atoms with Gasteiger partial charge in [0.05, 0.1) is 0 Å². The first-order chi connectivity index (χ1) is 6.90. The third kappa shape index (κ3) is 1.92. The van der Waals surface area contributed by atoms with E-state index in [0.29, 0.717) is 0 Å². The SMILES string of the molecule is CSC#Cc1ccc2ccccc2c1. The predicted octanol–water partition coefficient (Wildman–Crippen LogP) is 3.51. The molecule has 0 aliphatic carbocycles. The van der Waals surface area contributed by atoms with E-state index >= 15 is 0 Å². The van der Waals surface area contributed by atoms with Crippen molar-refractivity contribution in [3.63, 3.8) is 0 Å². The molecule has 0 aliphatic heterocycles. The van der Waals surface area contributed by atoms with Crippen molar-refractivity contribution >= 4 is 22.5 Å². The maximum Gasteiger partial charge on any atom is 0.0260 e. The van der Waals surface area contributed by atoms with E-state index in [0.717, 1.165) is 5.56 Å². The molecule has 0 fully saturated rings. The topological polar surface area (TPSA) is 0 Å². The highest BCUT2D eigenvalue weighted by molar-refractivity contribution is 8.03. The Morgan fingerprint density at radius 3 is 2.57 bits per heavy atom. The van der Waals surface area contributed by atoms with Crippen molar-refractivity contribution in [3.05, 3.63) is 48.0 Å². The maximum absolute atomic E-state index is 3.10. The van der Waals surface area contributed by atoms with Crippen LogP contribution in [0.15, 0.2) is 42.5 Å². The summed E-state index contributed by atoms with van der Waals surface area (Å²) in [7, 11) is 0. The van der Waals surface area contributed by atoms with Crippen LogP contribution in [0.5, 0.6) is 0 Å². The fourth-order valence-corrected chi connectivity index (χ4v) is 1.60. The summed E-state index contributed by atoms with van der Waals surface area (Å²) in [6, 6.07) is 14.6. The standard InChI is InChI=1S/C13H10S/c1-14-9-8-11-6-7-12-4-2-3-5-13(12)10-11/h2-7,10H,1H3. The molecule has 68 valence electrons. The van der Waals surface area contributed by atoms with E-state index in [2.05, 4.69) is 47.6 Å². The zero-order chi connectivity index (χ0) is 9.80. The molecule has 0 radical (unpaired) electrons. The monoisotopic (exact) mass is 198 g/mol. The van der Waals surface area contributed by atoms with E-state index in [9.17, 15) is 0 Å². The van der Waals surface area contributed by atoms with Gasteiger partial charge in [-0.3, -0.25) is 0 Å². The van der Waals surface area contributed by atoms with Crippen LogP contribution in [0.3, 0.4) is 0 Å². The summed E-state index contributed by atoms with van der Waals surface area (Å²) in [4.78, 5) is 0. The van der Waals surface area contributed by atoms with Crippen LogP contribution in [-0.2, 0) is 0 Å². The lowest BCUT2D eigenvalue weighted by molar-refractivity contribution is 1.70. The second-order valence-electron chi connectivity index (χ2n) is 2.99. The zero-order valence-electron chi connectivity index (χ0n) is 7.95. The number of fused-ring (bicyclic) bond motifs is 1.